The summed E-state index contributed by atoms with van der Waals surface area (Å²) in [6.07, 6.45) is 1.37. The molecule has 1 aromatic carbocycles. The van der Waals surface area contributed by atoms with Gasteiger partial charge in [-0.25, -0.2) is 9.78 Å². The SMILES string of the molecule is NCOC(=O)c1cnn2c(N)cc(-c3ccccc3)nc12. The number of ether oxygens (including phenoxy) is 1. The van der Waals surface area contributed by atoms with Crippen molar-refractivity contribution in [2.24, 2.45) is 5.73 Å². The van der Waals surface area contributed by atoms with E-state index in [0.717, 1.165) is 5.56 Å². The Morgan fingerprint density at radius 1 is 1.29 bits per heavy atom. The van der Waals surface area contributed by atoms with Crippen LogP contribution >= 0.6 is 0 Å². The second-order valence-electron chi connectivity index (χ2n) is 4.32. The number of rotatable bonds is 3. The minimum absolute atomic E-state index is 0.204. The summed E-state index contributed by atoms with van der Waals surface area (Å²) in [5, 5.41) is 4.04. The Hall–Kier alpha value is -2.93. The van der Waals surface area contributed by atoms with Crippen molar-refractivity contribution in [1.82, 2.24) is 14.6 Å². The first-order valence-corrected chi connectivity index (χ1v) is 6.27. The van der Waals surface area contributed by atoms with Gasteiger partial charge < -0.3 is 10.5 Å². The van der Waals surface area contributed by atoms with Gasteiger partial charge in [0.05, 0.1) is 11.9 Å². The third-order valence-electron chi connectivity index (χ3n) is 3.00. The number of esters is 1. The van der Waals surface area contributed by atoms with E-state index in [4.69, 9.17) is 16.2 Å². The predicted octanol–water partition coefficient (Wildman–Crippen LogP) is 1.05. The molecule has 106 valence electrons. The molecule has 0 saturated heterocycles. The summed E-state index contributed by atoms with van der Waals surface area (Å²) in [4.78, 5) is 16.3. The standard InChI is InChI=1S/C14H13N5O2/c15-8-21-14(20)10-7-17-19-12(16)6-11(18-13(10)19)9-4-2-1-3-5-9/h1-7H,8,15-16H2. The molecule has 2 aromatic heterocycles. The summed E-state index contributed by atoms with van der Waals surface area (Å²) >= 11 is 0. The fourth-order valence-electron chi connectivity index (χ4n) is 2.04. The summed E-state index contributed by atoms with van der Waals surface area (Å²) in [5.41, 5.74) is 13.3. The molecule has 3 rings (SSSR count). The van der Waals surface area contributed by atoms with Crippen LogP contribution in [0.15, 0.2) is 42.6 Å². The zero-order valence-corrected chi connectivity index (χ0v) is 11.1. The van der Waals surface area contributed by atoms with Gasteiger partial charge in [-0.3, -0.25) is 5.73 Å². The molecule has 7 heteroatoms. The van der Waals surface area contributed by atoms with Crippen LogP contribution in [0.5, 0.6) is 0 Å². The molecular formula is C14H13N5O2. The zero-order valence-electron chi connectivity index (χ0n) is 11.1. The topological polar surface area (TPSA) is 109 Å². The lowest BCUT2D eigenvalue weighted by Crippen LogP contribution is -2.12. The number of fused-ring (bicyclic) bond motifs is 1. The van der Waals surface area contributed by atoms with E-state index in [1.807, 2.05) is 30.3 Å². The molecule has 0 aliphatic carbocycles. The molecule has 2 heterocycles. The van der Waals surface area contributed by atoms with E-state index < -0.39 is 5.97 Å². The third kappa shape index (κ3) is 2.30. The van der Waals surface area contributed by atoms with Crippen molar-refractivity contribution in [3.8, 4) is 11.3 Å². The Labute approximate surface area is 120 Å². The molecule has 0 saturated carbocycles. The van der Waals surface area contributed by atoms with Crippen molar-refractivity contribution in [3.05, 3.63) is 48.2 Å². The van der Waals surface area contributed by atoms with Crippen molar-refractivity contribution in [1.29, 1.82) is 0 Å². The Morgan fingerprint density at radius 3 is 2.76 bits per heavy atom. The van der Waals surface area contributed by atoms with E-state index in [-0.39, 0.29) is 12.3 Å². The minimum atomic E-state index is -0.579. The number of nitrogens with two attached hydrogens (primary N) is 2. The van der Waals surface area contributed by atoms with Gasteiger partial charge in [-0.05, 0) is 0 Å². The summed E-state index contributed by atoms with van der Waals surface area (Å²) in [6, 6.07) is 11.2. The Balaban J connectivity index is 2.17. The van der Waals surface area contributed by atoms with Crippen LogP contribution in [0.3, 0.4) is 0 Å². The first-order valence-electron chi connectivity index (χ1n) is 6.27. The molecular weight excluding hydrogens is 270 g/mol. The second-order valence-corrected chi connectivity index (χ2v) is 4.32. The van der Waals surface area contributed by atoms with Gasteiger partial charge in [0.2, 0.25) is 0 Å². The number of hydrogen-bond acceptors (Lipinski definition) is 6. The van der Waals surface area contributed by atoms with E-state index in [0.29, 0.717) is 17.2 Å². The fourth-order valence-corrected chi connectivity index (χ4v) is 2.04. The van der Waals surface area contributed by atoms with Crippen LogP contribution in [0.4, 0.5) is 5.82 Å². The quantitative estimate of drug-likeness (QED) is 0.549. The fraction of sp³-hybridized carbons (Fsp3) is 0.0714. The van der Waals surface area contributed by atoms with Crippen LogP contribution in [-0.2, 0) is 4.74 Å². The van der Waals surface area contributed by atoms with E-state index in [1.54, 1.807) is 6.07 Å². The maximum absolute atomic E-state index is 11.8. The molecule has 0 amide bonds. The number of hydrogen-bond donors (Lipinski definition) is 2. The van der Waals surface area contributed by atoms with Crippen LogP contribution in [-0.4, -0.2) is 27.3 Å². The number of nitrogens with zero attached hydrogens (tertiary/aromatic N) is 3. The van der Waals surface area contributed by atoms with E-state index in [1.165, 1.54) is 10.7 Å². The highest BCUT2D eigenvalue weighted by atomic mass is 16.5. The van der Waals surface area contributed by atoms with Gasteiger partial charge in [0.25, 0.3) is 0 Å². The molecule has 0 bridgehead atoms. The first kappa shape index (κ1) is 13.1. The Bertz CT molecular complexity index is 798. The summed E-state index contributed by atoms with van der Waals surface area (Å²) < 4.78 is 6.17. The molecule has 0 spiro atoms. The molecule has 0 aliphatic heterocycles. The first-order chi connectivity index (χ1) is 10.2. The number of carbonyl (C=O) groups excluding carboxylic acids is 1. The van der Waals surface area contributed by atoms with Gasteiger partial charge >= 0.3 is 5.97 Å². The van der Waals surface area contributed by atoms with Crippen molar-refractivity contribution in [2.45, 2.75) is 0 Å². The van der Waals surface area contributed by atoms with Gasteiger partial charge in [0, 0.05) is 11.6 Å². The average Bonchev–Trinajstić information content (AvgIpc) is 2.93. The van der Waals surface area contributed by atoms with Crippen LogP contribution in [0.1, 0.15) is 10.4 Å². The highest BCUT2D eigenvalue weighted by molar-refractivity contribution is 5.96. The highest BCUT2D eigenvalue weighted by Gasteiger charge is 2.17. The van der Waals surface area contributed by atoms with Gasteiger partial charge in [-0.2, -0.15) is 9.61 Å². The zero-order chi connectivity index (χ0) is 14.8. The number of carbonyl (C=O) groups is 1. The molecule has 0 atom stereocenters. The lowest BCUT2D eigenvalue weighted by molar-refractivity contribution is 0.0517. The normalized spacial score (nSPS) is 10.7. The number of aromatic nitrogens is 3. The summed E-state index contributed by atoms with van der Waals surface area (Å²) in [5.74, 6) is -0.199. The van der Waals surface area contributed by atoms with Crippen LogP contribution < -0.4 is 11.5 Å². The monoisotopic (exact) mass is 283 g/mol. The molecule has 0 unspecified atom stereocenters. The van der Waals surface area contributed by atoms with Crippen LogP contribution in [0.2, 0.25) is 0 Å². The van der Waals surface area contributed by atoms with Crippen molar-refractivity contribution < 1.29 is 9.53 Å². The molecule has 0 radical (unpaired) electrons. The van der Waals surface area contributed by atoms with Gasteiger partial charge in [-0.1, -0.05) is 30.3 Å². The predicted molar refractivity (Wildman–Crippen MR) is 77.3 cm³/mol. The summed E-state index contributed by atoms with van der Waals surface area (Å²) in [7, 11) is 0. The maximum atomic E-state index is 11.8. The number of anilines is 1. The summed E-state index contributed by atoms with van der Waals surface area (Å²) in [6.45, 7) is -0.204. The Kier molecular flexibility index (Phi) is 3.25. The molecule has 0 fully saturated rings. The molecule has 0 aliphatic rings. The van der Waals surface area contributed by atoms with E-state index in [9.17, 15) is 4.79 Å². The molecule has 7 nitrogen and oxygen atoms in total. The highest BCUT2D eigenvalue weighted by Crippen LogP contribution is 2.22. The molecule has 3 aromatic rings. The number of nitrogen functional groups attached to an aromatic ring is 1. The lowest BCUT2D eigenvalue weighted by Gasteiger charge is -2.05. The average molecular weight is 283 g/mol. The third-order valence-corrected chi connectivity index (χ3v) is 3.00. The van der Waals surface area contributed by atoms with E-state index in [2.05, 4.69) is 10.1 Å². The van der Waals surface area contributed by atoms with Gasteiger partial charge in [0.1, 0.15) is 18.1 Å². The minimum Gasteiger partial charge on any atom is -0.446 e. The maximum Gasteiger partial charge on any atom is 0.344 e. The van der Waals surface area contributed by atoms with Gasteiger partial charge in [0.15, 0.2) is 5.65 Å². The van der Waals surface area contributed by atoms with Gasteiger partial charge in [-0.15, -0.1) is 0 Å². The second kappa shape index (κ2) is 5.22. The van der Waals surface area contributed by atoms with Crippen LogP contribution in [0.25, 0.3) is 16.9 Å². The van der Waals surface area contributed by atoms with Crippen molar-refractivity contribution in [2.75, 3.05) is 12.5 Å². The van der Waals surface area contributed by atoms with Crippen LogP contribution in [0, 0.1) is 0 Å². The van der Waals surface area contributed by atoms with E-state index >= 15 is 0 Å². The Morgan fingerprint density at radius 2 is 2.05 bits per heavy atom. The molecule has 4 N–H and O–H groups in total. The van der Waals surface area contributed by atoms with Crippen molar-refractivity contribution in [3.63, 3.8) is 0 Å². The largest absolute Gasteiger partial charge is 0.446 e. The van der Waals surface area contributed by atoms with Crippen molar-refractivity contribution >= 4 is 17.4 Å². The molecule has 21 heavy (non-hydrogen) atoms. The smallest absolute Gasteiger partial charge is 0.344 e. The lowest BCUT2D eigenvalue weighted by atomic mass is 10.1. The number of benzene rings is 1.